The van der Waals surface area contributed by atoms with Crippen molar-refractivity contribution >= 4 is 39.7 Å². The number of benzene rings is 1. The molecule has 136 valence electrons. The number of amides is 1. The number of carbonyl (C=O) groups is 1. The Morgan fingerprint density at radius 2 is 2.08 bits per heavy atom. The van der Waals surface area contributed by atoms with E-state index in [2.05, 4.69) is 32.4 Å². The van der Waals surface area contributed by atoms with Gasteiger partial charge in [-0.2, -0.15) is 0 Å². The van der Waals surface area contributed by atoms with Gasteiger partial charge in [-0.05, 0) is 31.7 Å². The highest BCUT2D eigenvalue weighted by atomic mass is 32.2. The van der Waals surface area contributed by atoms with Gasteiger partial charge in [0.05, 0.1) is 5.25 Å². The highest BCUT2D eigenvalue weighted by Crippen LogP contribution is 2.27. The molecule has 0 radical (unpaired) electrons. The van der Waals surface area contributed by atoms with Gasteiger partial charge < -0.3 is 10.3 Å². The standard InChI is InChI=1S/C19H23N5OS/c1-11-7-3-5-9-14(11)21-18(25)12(2)26-19-22-17-16(23-24-19)13-8-4-6-10-15(13)20-17/h4,6,8,10-12,14H,3,5,7,9H2,1-2H3,(H,21,25)(H,20,22,24)/t11-,12+,14-/m0/s1. The highest BCUT2D eigenvalue weighted by Gasteiger charge is 2.25. The Morgan fingerprint density at radius 1 is 1.27 bits per heavy atom. The van der Waals surface area contributed by atoms with Crippen molar-refractivity contribution < 1.29 is 4.79 Å². The van der Waals surface area contributed by atoms with Crippen molar-refractivity contribution in [3.8, 4) is 0 Å². The molecule has 0 aliphatic heterocycles. The smallest absolute Gasteiger partial charge is 0.233 e. The van der Waals surface area contributed by atoms with Crippen LogP contribution in [0.25, 0.3) is 22.1 Å². The number of H-pyrrole nitrogens is 1. The van der Waals surface area contributed by atoms with Crippen LogP contribution >= 0.6 is 11.8 Å². The minimum absolute atomic E-state index is 0.0501. The minimum Gasteiger partial charge on any atom is -0.352 e. The largest absolute Gasteiger partial charge is 0.352 e. The van der Waals surface area contributed by atoms with Gasteiger partial charge in [0.2, 0.25) is 11.1 Å². The van der Waals surface area contributed by atoms with E-state index in [1.807, 2.05) is 31.2 Å². The van der Waals surface area contributed by atoms with Gasteiger partial charge in [0.15, 0.2) is 5.65 Å². The van der Waals surface area contributed by atoms with E-state index >= 15 is 0 Å². The number of rotatable bonds is 4. The van der Waals surface area contributed by atoms with Crippen LogP contribution in [0.4, 0.5) is 0 Å². The predicted molar refractivity (Wildman–Crippen MR) is 104 cm³/mol. The lowest BCUT2D eigenvalue weighted by atomic mass is 9.86. The molecule has 1 aliphatic carbocycles. The summed E-state index contributed by atoms with van der Waals surface area (Å²) in [6, 6.07) is 8.22. The Hall–Kier alpha value is -2.15. The predicted octanol–water partition coefficient (Wildman–Crippen LogP) is 3.68. The molecule has 0 spiro atoms. The molecule has 1 aliphatic rings. The maximum absolute atomic E-state index is 12.5. The van der Waals surface area contributed by atoms with Crippen LogP contribution in [0.2, 0.25) is 0 Å². The second-order valence-electron chi connectivity index (χ2n) is 7.10. The van der Waals surface area contributed by atoms with Gasteiger partial charge in [0, 0.05) is 16.9 Å². The molecular weight excluding hydrogens is 346 g/mol. The van der Waals surface area contributed by atoms with Gasteiger partial charge >= 0.3 is 0 Å². The molecule has 3 atom stereocenters. The van der Waals surface area contributed by atoms with Gasteiger partial charge in [-0.1, -0.05) is 49.7 Å². The summed E-state index contributed by atoms with van der Waals surface area (Å²) in [5, 5.41) is 13.0. The Bertz CT molecular complexity index is 940. The number of aromatic nitrogens is 4. The first kappa shape index (κ1) is 17.3. The lowest BCUT2D eigenvalue weighted by molar-refractivity contribution is -0.121. The molecule has 26 heavy (non-hydrogen) atoms. The van der Waals surface area contributed by atoms with Gasteiger partial charge in [0.25, 0.3) is 0 Å². The second kappa shape index (κ2) is 7.23. The maximum atomic E-state index is 12.5. The van der Waals surface area contributed by atoms with E-state index in [0.29, 0.717) is 16.7 Å². The molecule has 1 fully saturated rings. The van der Waals surface area contributed by atoms with Crippen LogP contribution in [0.15, 0.2) is 29.4 Å². The summed E-state index contributed by atoms with van der Waals surface area (Å²) in [7, 11) is 0. The lowest BCUT2D eigenvalue weighted by Gasteiger charge is -2.30. The number of para-hydroxylation sites is 1. The minimum atomic E-state index is -0.257. The quantitative estimate of drug-likeness (QED) is 0.686. The first-order valence-corrected chi connectivity index (χ1v) is 10.1. The van der Waals surface area contributed by atoms with Crippen LogP contribution in [0.5, 0.6) is 0 Å². The summed E-state index contributed by atoms with van der Waals surface area (Å²) >= 11 is 1.35. The van der Waals surface area contributed by atoms with Crippen molar-refractivity contribution in [1.82, 2.24) is 25.5 Å². The van der Waals surface area contributed by atoms with Crippen molar-refractivity contribution in [2.45, 2.75) is 56.0 Å². The number of carbonyl (C=O) groups excluding carboxylic acids is 1. The van der Waals surface area contributed by atoms with E-state index in [-0.39, 0.29) is 17.2 Å². The molecule has 3 aromatic rings. The third-order valence-electron chi connectivity index (χ3n) is 5.19. The van der Waals surface area contributed by atoms with Crippen molar-refractivity contribution in [3.63, 3.8) is 0 Å². The average molecular weight is 369 g/mol. The average Bonchev–Trinajstić information content (AvgIpc) is 3.01. The second-order valence-corrected chi connectivity index (χ2v) is 8.41. The molecule has 4 rings (SSSR count). The Morgan fingerprint density at radius 3 is 2.92 bits per heavy atom. The van der Waals surface area contributed by atoms with Crippen molar-refractivity contribution in [2.24, 2.45) is 5.92 Å². The number of hydrogen-bond donors (Lipinski definition) is 2. The monoisotopic (exact) mass is 369 g/mol. The number of aromatic amines is 1. The molecule has 1 aromatic carbocycles. The van der Waals surface area contributed by atoms with Crippen molar-refractivity contribution in [3.05, 3.63) is 24.3 Å². The molecule has 0 saturated heterocycles. The van der Waals surface area contributed by atoms with E-state index in [0.717, 1.165) is 22.8 Å². The molecule has 0 unspecified atom stereocenters. The van der Waals surface area contributed by atoms with E-state index in [1.54, 1.807) is 0 Å². The zero-order valence-electron chi connectivity index (χ0n) is 15.0. The number of fused-ring (bicyclic) bond motifs is 3. The molecular formula is C19H23N5OS. The highest BCUT2D eigenvalue weighted by molar-refractivity contribution is 8.00. The molecule has 2 aromatic heterocycles. The normalized spacial score (nSPS) is 21.8. The van der Waals surface area contributed by atoms with Crippen molar-refractivity contribution in [1.29, 1.82) is 0 Å². The molecule has 1 saturated carbocycles. The van der Waals surface area contributed by atoms with Gasteiger partial charge in [0.1, 0.15) is 5.52 Å². The fourth-order valence-electron chi connectivity index (χ4n) is 3.60. The molecule has 6 nitrogen and oxygen atoms in total. The number of nitrogens with zero attached hydrogens (tertiary/aromatic N) is 3. The number of nitrogens with one attached hydrogen (secondary N) is 2. The zero-order chi connectivity index (χ0) is 18.1. The topological polar surface area (TPSA) is 83.6 Å². The van der Waals surface area contributed by atoms with Crippen LogP contribution in [-0.4, -0.2) is 37.4 Å². The molecule has 7 heteroatoms. The van der Waals surface area contributed by atoms with Crippen LogP contribution in [-0.2, 0) is 4.79 Å². The van der Waals surface area contributed by atoms with Crippen LogP contribution in [0.1, 0.15) is 39.5 Å². The van der Waals surface area contributed by atoms with Gasteiger partial charge in [-0.3, -0.25) is 4.79 Å². The summed E-state index contributed by atoms with van der Waals surface area (Å²) in [5.41, 5.74) is 2.46. The fraction of sp³-hybridized carbons (Fsp3) is 0.474. The lowest BCUT2D eigenvalue weighted by Crippen LogP contribution is -2.44. The van der Waals surface area contributed by atoms with Gasteiger partial charge in [-0.25, -0.2) is 4.98 Å². The first-order chi connectivity index (χ1) is 12.6. The van der Waals surface area contributed by atoms with E-state index in [9.17, 15) is 4.79 Å². The number of hydrogen-bond acceptors (Lipinski definition) is 5. The molecule has 2 heterocycles. The summed E-state index contributed by atoms with van der Waals surface area (Å²) < 4.78 is 0. The van der Waals surface area contributed by atoms with E-state index < -0.39 is 0 Å². The van der Waals surface area contributed by atoms with Crippen molar-refractivity contribution in [2.75, 3.05) is 0 Å². The summed E-state index contributed by atoms with van der Waals surface area (Å²) in [6.07, 6.45) is 4.72. The molecule has 2 N–H and O–H groups in total. The van der Waals surface area contributed by atoms with E-state index in [4.69, 9.17) is 0 Å². The number of thioether (sulfide) groups is 1. The SMILES string of the molecule is C[C@@H](Sc1nnc2c(n1)[nH]c1ccccc12)C(=O)N[C@H]1CCCC[C@@H]1C. The summed E-state index contributed by atoms with van der Waals surface area (Å²) in [5.74, 6) is 0.597. The summed E-state index contributed by atoms with van der Waals surface area (Å²) in [4.78, 5) is 20.4. The first-order valence-electron chi connectivity index (χ1n) is 9.20. The van der Waals surface area contributed by atoms with Crippen LogP contribution in [0.3, 0.4) is 0 Å². The van der Waals surface area contributed by atoms with Crippen LogP contribution < -0.4 is 5.32 Å². The molecule has 0 bridgehead atoms. The third-order valence-corrected chi connectivity index (χ3v) is 6.14. The summed E-state index contributed by atoms with van der Waals surface area (Å²) in [6.45, 7) is 4.12. The van der Waals surface area contributed by atoms with Crippen LogP contribution in [0, 0.1) is 5.92 Å². The Labute approximate surface area is 156 Å². The van der Waals surface area contributed by atoms with E-state index in [1.165, 1.54) is 31.0 Å². The maximum Gasteiger partial charge on any atom is 0.233 e. The molecule has 1 amide bonds. The third kappa shape index (κ3) is 3.40. The zero-order valence-corrected chi connectivity index (χ0v) is 15.8. The fourth-order valence-corrected chi connectivity index (χ4v) is 4.32. The van der Waals surface area contributed by atoms with Gasteiger partial charge in [-0.15, -0.1) is 10.2 Å². The Balaban J connectivity index is 1.47. The Kier molecular flexibility index (Phi) is 4.80.